The van der Waals surface area contributed by atoms with Gasteiger partial charge in [-0.1, -0.05) is 60.7 Å². The molecule has 0 radical (unpaired) electrons. The first-order valence-electron chi connectivity index (χ1n) is 7.60. The Morgan fingerprint density at radius 1 is 0.913 bits per heavy atom. The second-order valence-corrected chi connectivity index (χ2v) is 6.86. The molecule has 0 unspecified atom stereocenters. The third-order valence-corrected chi connectivity index (χ3v) is 3.46. The molecule has 0 aliphatic rings. The lowest BCUT2D eigenvalue weighted by Crippen LogP contribution is -2.49. The summed E-state index contributed by atoms with van der Waals surface area (Å²) < 4.78 is 0. The number of thiocarbonyl (C=S) groups is 1. The first kappa shape index (κ1) is 17.2. The van der Waals surface area contributed by atoms with Crippen LogP contribution in [-0.2, 0) is 4.79 Å². The van der Waals surface area contributed by atoms with E-state index < -0.39 is 5.92 Å². The Bertz CT molecular complexity index is 623. The first-order valence-corrected chi connectivity index (χ1v) is 8.00. The molecule has 2 aromatic carbocycles. The molecule has 0 saturated heterocycles. The predicted octanol–water partition coefficient (Wildman–Crippen LogP) is 3.61. The van der Waals surface area contributed by atoms with Gasteiger partial charge in [0.05, 0.1) is 5.92 Å². The molecule has 0 spiro atoms. The highest BCUT2D eigenvalue weighted by Gasteiger charge is 2.24. The maximum Gasteiger partial charge on any atom is 0.238 e. The highest BCUT2D eigenvalue weighted by Crippen LogP contribution is 2.24. The third kappa shape index (κ3) is 5.18. The average molecular weight is 326 g/mol. The Morgan fingerprint density at radius 3 is 1.74 bits per heavy atom. The molecule has 2 N–H and O–H groups in total. The number of nitrogens with one attached hydrogen (secondary N) is 2. The SMILES string of the molecule is CC(C)(C)NC(=S)NC(=O)C(c1ccccc1)c1ccccc1. The molecule has 0 saturated carbocycles. The highest BCUT2D eigenvalue weighted by molar-refractivity contribution is 7.80. The van der Waals surface area contributed by atoms with E-state index in [0.29, 0.717) is 5.11 Å². The van der Waals surface area contributed by atoms with Crippen molar-refractivity contribution in [1.82, 2.24) is 10.6 Å². The Balaban J connectivity index is 2.25. The van der Waals surface area contributed by atoms with Crippen molar-refractivity contribution in [3.05, 3.63) is 71.8 Å². The van der Waals surface area contributed by atoms with Crippen molar-refractivity contribution in [2.45, 2.75) is 32.2 Å². The average Bonchev–Trinajstić information content (AvgIpc) is 2.47. The zero-order valence-corrected chi connectivity index (χ0v) is 14.5. The van der Waals surface area contributed by atoms with Crippen LogP contribution in [0.25, 0.3) is 0 Å². The zero-order chi connectivity index (χ0) is 16.9. The van der Waals surface area contributed by atoms with Gasteiger partial charge in [0.25, 0.3) is 0 Å². The van der Waals surface area contributed by atoms with Crippen molar-refractivity contribution in [3.63, 3.8) is 0 Å². The van der Waals surface area contributed by atoms with E-state index in [1.807, 2.05) is 81.4 Å². The Hall–Kier alpha value is -2.20. The van der Waals surface area contributed by atoms with Crippen molar-refractivity contribution >= 4 is 23.2 Å². The minimum Gasteiger partial charge on any atom is -0.358 e. The van der Waals surface area contributed by atoms with Crippen LogP contribution in [0.5, 0.6) is 0 Å². The van der Waals surface area contributed by atoms with E-state index in [1.165, 1.54) is 0 Å². The Labute approximate surface area is 143 Å². The van der Waals surface area contributed by atoms with E-state index in [2.05, 4.69) is 10.6 Å². The van der Waals surface area contributed by atoms with E-state index in [1.54, 1.807) is 0 Å². The van der Waals surface area contributed by atoms with Crippen LogP contribution in [0, 0.1) is 0 Å². The minimum atomic E-state index is -0.392. The molecule has 3 nitrogen and oxygen atoms in total. The van der Waals surface area contributed by atoms with Crippen LogP contribution in [0.3, 0.4) is 0 Å². The van der Waals surface area contributed by atoms with Gasteiger partial charge in [0.1, 0.15) is 0 Å². The quantitative estimate of drug-likeness (QED) is 0.847. The van der Waals surface area contributed by atoms with Gasteiger partial charge in [0.2, 0.25) is 5.91 Å². The van der Waals surface area contributed by atoms with E-state index >= 15 is 0 Å². The molecule has 0 aliphatic carbocycles. The fourth-order valence-electron chi connectivity index (χ4n) is 2.34. The molecule has 0 bridgehead atoms. The lowest BCUT2D eigenvalue weighted by Gasteiger charge is -2.24. The molecule has 0 heterocycles. The van der Waals surface area contributed by atoms with Crippen molar-refractivity contribution in [2.75, 3.05) is 0 Å². The summed E-state index contributed by atoms with van der Waals surface area (Å²) in [6.45, 7) is 5.99. The zero-order valence-electron chi connectivity index (χ0n) is 13.7. The van der Waals surface area contributed by atoms with Crippen molar-refractivity contribution in [1.29, 1.82) is 0 Å². The van der Waals surface area contributed by atoms with Gasteiger partial charge in [-0.2, -0.15) is 0 Å². The molecule has 2 rings (SSSR count). The lowest BCUT2D eigenvalue weighted by molar-refractivity contribution is -0.120. The molecule has 0 atom stereocenters. The van der Waals surface area contributed by atoms with Gasteiger partial charge < -0.3 is 10.6 Å². The Kier molecular flexibility index (Phi) is 5.50. The second-order valence-electron chi connectivity index (χ2n) is 6.45. The molecule has 0 fully saturated rings. The normalized spacial score (nSPS) is 11.1. The van der Waals surface area contributed by atoms with Crippen molar-refractivity contribution in [2.24, 2.45) is 0 Å². The van der Waals surface area contributed by atoms with E-state index in [0.717, 1.165) is 11.1 Å². The van der Waals surface area contributed by atoms with Crippen LogP contribution >= 0.6 is 12.2 Å². The van der Waals surface area contributed by atoms with Gasteiger partial charge in [-0.05, 0) is 44.1 Å². The van der Waals surface area contributed by atoms with Gasteiger partial charge in [0, 0.05) is 5.54 Å². The van der Waals surface area contributed by atoms with Crippen LogP contribution < -0.4 is 10.6 Å². The summed E-state index contributed by atoms with van der Waals surface area (Å²) in [5, 5.41) is 6.27. The monoisotopic (exact) mass is 326 g/mol. The van der Waals surface area contributed by atoms with E-state index in [9.17, 15) is 4.79 Å². The van der Waals surface area contributed by atoms with Gasteiger partial charge in [-0.3, -0.25) is 4.79 Å². The van der Waals surface area contributed by atoms with Crippen LogP contribution in [0.2, 0.25) is 0 Å². The molecule has 4 heteroatoms. The predicted molar refractivity (Wildman–Crippen MR) is 98.4 cm³/mol. The summed E-state index contributed by atoms with van der Waals surface area (Å²) in [6.07, 6.45) is 0. The van der Waals surface area contributed by atoms with Crippen LogP contribution in [-0.4, -0.2) is 16.6 Å². The second kappa shape index (κ2) is 7.38. The molecular weight excluding hydrogens is 304 g/mol. The van der Waals surface area contributed by atoms with Crippen LogP contribution in [0.15, 0.2) is 60.7 Å². The summed E-state index contributed by atoms with van der Waals surface area (Å²) in [5.41, 5.74) is 1.68. The molecule has 1 amide bonds. The number of hydrogen-bond acceptors (Lipinski definition) is 2. The summed E-state index contributed by atoms with van der Waals surface area (Å²) in [4.78, 5) is 12.8. The number of carbonyl (C=O) groups excluding carboxylic acids is 1. The standard InChI is InChI=1S/C19H22N2OS/c1-19(2,3)21-18(23)20-17(22)16(14-10-6-4-7-11-14)15-12-8-5-9-13-15/h4-13,16H,1-3H3,(H2,20,21,22,23). The maximum absolute atomic E-state index is 12.8. The van der Waals surface area contributed by atoms with Crippen molar-refractivity contribution < 1.29 is 4.79 Å². The molecule has 2 aromatic rings. The summed E-state index contributed by atoms with van der Waals surface area (Å²) in [7, 11) is 0. The van der Waals surface area contributed by atoms with Crippen LogP contribution in [0.1, 0.15) is 37.8 Å². The summed E-state index contributed by atoms with van der Waals surface area (Å²) in [6, 6.07) is 19.4. The fraction of sp³-hybridized carbons (Fsp3) is 0.263. The van der Waals surface area contributed by atoms with Crippen LogP contribution in [0.4, 0.5) is 0 Å². The van der Waals surface area contributed by atoms with E-state index in [4.69, 9.17) is 12.2 Å². The van der Waals surface area contributed by atoms with Gasteiger partial charge in [0.15, 0.2) is 5.11 Å². The number of rotatable bonds is 3. The van der Waals surface area contributed by atoms with Gasteiger partial charge in [-0.25, -0.2) is 0 Å². The fourth-order valence-corrected chi connectivity index (χ4v) is 2.75. The number of carbonyl (C=O) groups is 1. The maximum atomic E-state index is 12.8. The molecule has 23 heavy (non-hydrogen) atoms. The first-order chi connectivity index (χ1) is 10.9. The molecule has 120 valence electrons. The smallest absolute Gasteiger partial charge is 0.238 e. The molecule has 0 aliphatic heterocycles. The third-order valence-electron chi connectivity index (χ3n) is 3.25. The minimum absolute atomic E-state index is 0.135. The lowest BCUT2D eigenvalue weighted by atomic mass is 9.90. The Morgan fingerprint density at radius 2 is 1.35 bits per heavy atom. The topological polar surface area (TPSA) is 41.1 Å². The van der Waals surface area contributed by atoms with Gasteiger partial charge in [-0.15, -0.1) is 0 Å². The van der Waals surface area contributed by atoms with E-state index in [-0.39, 0.29) is 11.4 Å². The van der Waals surface area contributed by atoms with Crippen molar-refractivity contribution in [3.8, 4) is 0 Å². The number of hydrogen-bond donors (Lipinski definition) is 2. The largest absolute Gasteiger partial charge is 0.358 e. The number of amides is 1. The molecule has 0 aromatic heterocycles. The highest BCUT2D eigenvalue weighted by atomic mass is 32.1. The van der Waals surface area contributed by atoms with Gasteiger partial charge >= 0.3 is 0 Å². The summed E-state index contributed by atoms with van der Waals surface area (Å²) in [5.74, 6) is -0.527. The number of benzene rings is 2. The molecular formula is C19H22N2OS. The summed E-state index contributed by atoms with van der Waals surface area (Å²) >= 11 is 5.25.